The van der Waals surface area contributed by atoms with Gasteiger partial charge in [0.05, 0.1) is 15.5 Å². The Morgan fingerprint density at radius 3 is 1.88 bits per heavy atom. The topological polar surface area (TPSA) is 43.4 Å². The molecule has 0 unspecified atom stereocenters. The minimum atomic E-state index is -3.41. The molecule has 0 saturated carbocycles. The van der Waals surface area contributed by atoms with Crippen molar-refractivity contribution in [1.82, 2.24) is 0 Å². The number of sulfone groups is 1. The first kappa shape index (κ1) is 12.2. The number of rotatable bonds is 3. The molecular weight excluding hydrogens is 251 g/mol. The summed E-state index contributed by atoms with van der Waals surface area (Å²) >= 11 is 0.590. The Morgan fingerprint density at radius 2 is 1.35 bits per heavy atom. The molecule has 17 heavy (non-hydrogen) atoms. The van der Waals surface area contributed by atoms with Gasteiger partial charge in [-0.25, -0.2) is 8.42 Å². The van der Waals surface area contributed by atoms with Gasteiger partial charge >= 0.3 is 16.6 Å². The van der Waals surface area contributed by atoms with Crippen molar-refractivity contribution in [3.63, 3.8) is 0 Å². The minimum absolute atomic E-state index is 0.283. The second-order valence-electron chi connectivity index (χ2n) is 3.49. The van der Waals surface area contributed by atoms with Gasteiger partial charge in [-0.1, -0.05) is 18.2 Å². The molecule has 0 aliphatic carbocycles. The summed E-state index contributed by atoms with van der Waals surface area (Å²) in [4.78, 5) is 0.589. The van der Waals surface area contributed by atoms with E-state index in [1.807, 2.05) is 0 Å². The first-order chi connectivity index (χ1) is 8.14. The standard InChI is InChI=1S/C12H10O3S.Al.2H/c13-10-6-8-12(9-7-10)16(14,15)11-4-2-1-3-5-11;;;/h1-9,13H;;;/q;+1;;/p-1. The van der Waals surface area contributed by atoms with Gasteiger partial charge in [0.25, 0.3) is 0 Å². The first-order valence-corrected chi connectivity index (χ1v) is 7.39. The Morgan fingerprint density at radius 1 is 0.824 bits per heavy atom. The lowest BCUT2D eigenvalue weighted by Crippen LogP contribution is -2.01. The normalized spacial score (nSPS) is 11.1. The second kappa shape index (κ2) is 4.93. The van der Waals surface area contributed by atoms with E-state index < -0.39 is 9.84 Å². The lowest BCUT2D eigenvalue weighted by molar-refractivity contribution is 0.595. The van der Waals surface area contributed by atoms with E-state index in [1.54, 1.807) is 54.6 Å². The minimum Gasteiger partial charge on any atom is -0.647 e. The van der Waals surface area contributed by atoms with Gasteiger partial charge in [0.1, 0.15) is 0 Å². The van der Waals surface area contributed by atoms with Gasteiger partial charge in [-0.05, 0) is 36.4 Å². The largest absolute Gasteiger partial charge is 0.647 e. The van der Waals surface area contributed by atoms with Crippen molar-refractivity contribution in [2.45, 2.75) is 9.79 Å². The number of hydrogen-bond acceptors (Lipinski definition) is 3. The Labute approximate surface area is 109 Å². The fourth-order valence-corrected chi connectivity index (χ4v) is 3.04. The molecule has 2 aromatic carbocycles. The van der Waals surface area contributed by atoms with Crippen LogP contribution in [0.5, 0.6) is 5.75 Å². The molecule has 0 saturated heterocycles. The van der Waals surface area contributed by atoms with Crippen LogP contribution in [-0.4, -0.2) is 25.0 Å². The van der Waals surface area contributed by atoms with E-state index in [0.717, 1.165) is 0 Å². The Bertz CT molecular complexity index is 591. The maximum Gasteiger partial charge on any atom is 0.496 e. The summed E-state index contributed by atoms with van der Waals surface area (Å²) in [5.74, 6) is 0.698. The van der Waals surface area contributed by atoms with Crippen LogP contribution in [0.25, 0.3) is 0 Å². The molecule has 0 aliphatic rings. The molecule has 0 bridgehead atoms. The quantitative estimate of drug-likeness (QED) is 0.786. The molecular formula is C12H11AlO3S. The van der Waals surface area contributed by atoms with Crippen LogP contribution in [0.4, 0.5) is 0 Å². The molecule has 0 atom stereocenters. The Balaban J connectivity index is 2.45. The molecule has 0 spiro atoms. The molecule has 0 amide bonds. The first-order valence-electron chi connectivity index (χ1n) is 5.09. The summed E-state index contributed by atoms with van der Waals surface area (Å²) in [6, 6.07) is 14.9. The van der Waals surface area contributed by atoms with Crippen molar-refractivity contribution in [1.29, 1.82) is 0 Å². The van der Waals surface area contributed by atoms with Crippen molar-refractivity contribution < 1.29 is 12.2 Å². The predicted molar refractivity (Wildman–Crippen MR) is 67.5 cm³/mol. The molecule has 5 heteroatoms. The molecule has 0 aliphatic heterocycles. The van der Waals surface area contributed by atoms with Gasteiger partial charge < -0.3 is 3.79 Å². The van der Waals surface area contributed by atoms with E-state index in [9.17, 15) is 8.42 Å². The molecule has 86 valence electrons. The predicted octanol–water partition coefficient (Wildman–Crippen LogP) is 1.45. The zero-order valence-electron chi connectivity index (χ0n) is 9.33. The summed E-state index contributed by atoms with van der Waals surface area (Å²) in [5.41, 5.74) is 0. The Hall–Kier alpha value is -1.28. The molecule has 3 nitrogen and oxygen atoms in total. The van der Waals surface area contributed by atoms with Crippen molar-refractivity contribution in [3.8, 4) is 5.75 Å². The van der Waals surface area contributed by atoms with E-state index in [4.69, 9.17) is 3.79 Å². The zero-order chi connectivity index (χ0) is 12.3. The summed E-state index contributed by atoms with van der Waals surface area (Å²) in [6.07, 6.45) is 0. The van der Waals surface area contributed by atoms with Crippen molar-refractivity contribution >= 4 is 26.5 Å². The third-order valence-corrected chi connectivity index (χ3v) is 4.68. The summed E-state index contributed by atoms with van der Waals surface area (Å²) in [6.45, 7) is 0. The summed E-state index contributed by atoms with van der Waals surface area (Å²) in [7, 11) is -3.41. The molecule has 2 rings (SSSR count). The highest BCUT2D eigenvalue weighted by Gasteiger charge is 2.16. The highest BCUT2D eigenvalue weighted by molar-refractivity contribution is 7.91. The average molecular weight is 262 g/mol. The number of hydrogen-bond donors (Lipinski definition) is 0. The Kier molecular flexibility index (Phi) is 3.53. The van der Waals surface area contributed by atoms with Gasteiger partial charge in [-0.15, -0.1) is 0 Å². The summed E-state index contributed by atoms with van der Waals surface area (Å²) in [5, 5.41) is 0. The third kappa shape index (κ3) is 2.52. The van der Waals surface area contributed by atoms with Crippen molar-refractivity contribution in [2.24, 2.45) is 0 Å². The van der Waals surface area contributed by atoms with Gasteiger partial charge in [0.2, 0.25) is 9.84 Å². The van der Waals surface area contributed by atoms with Crippen LogP contribution in [0.15, 0.2) is 64.4 Å². The highest BCUT2D eigenvalue weighted by Crippen LogP contribution is 2.22. The molecule has 0 aromatic heterocycles. The van der Waals surface area contributed by atoms with Gasteiger partial charge in [-0.3, -0.25) is 0 Å². The van der Waals surface area contributed by atoms with Crippen molar-refractivity contribution in [3.05, 3.63) is 54.6 Å². The van der Waals surface area contributed by atoms with Crippen molar-refractivity contribution in [2.75, 3.05) is 0 Å². The van der Waals surface area contributed by atoms with Gasteiger partial charge in [0, 0.05) is 0 Å². The van der Waals surface area contributed by atoms with E-state index >= 15 is 0 Å². The molecule has 2 aromatic rings. The second-order valence-corrected chi connectivity index (χ2v) is 5.85. The molecule has 0 radical (unpaired) electrons. The van der Waals surface area contributed by atoms with E-state index in [0.29, 0.717) is 27.3 Å². The van der Waals surface area contributed by atoms with Crippen LogP contribution in [0.2, 0.25) is 0 Å². The average Bonchev–Trinajstić information content (AvgIpc) is 2.40. The molecule has 0 heterocycles. The monoisotopic (exact) mass is 262 g/mol. The van der Waals surface area contributed by atoms with Crippen LogP contribution in [-0.2, 0) is 9.84 Å². The van der Waals surface area contributed by atoms with Crippen LogP contribution in [0.3, 0.4) is 0 Å². The van der Waals surface area contributed by atoms with Gasteiger partial charge in [-0.2, -0.15) is 0 Å². The maximum absolute atomic E-state index is 12.2. The number of benzene rings is 2. The van der Waals surface area contributed by atoms with Gasteiger partial charge in [0.15, 0.2) is 0 Å². The van der Waals surface area contributed by atoms with E-state index in [1.165, 1.54) is 0 Å². The zero-order valence-corrected chi connectivity index (χ0v) is 12.1. The van der Waals surface area contributed by atoms with Crippen LogP contribution in [0.1, 0.15) is 0 Å². The highest BCUT2D eigenvalue weighted by atomic mass is 32.2. The van der Waals surface area contributed by atoms with Crippen LogP contribution >= 0.6 is 0 Å². The maximum atomic E-state index is 12.2. The fraction of sp³-hybridized carbons (Fsp3) is 0. The SMILES string of the molecule is O=S(=O)(c1ccccc1)c1ccc([O][AlH2])cc1. The van der Waals surface area contributed by atoms with Crippen LogP contribution in [0, 0.1) is 0 Å². The van der Waals surface area contributed by atoms with E-state index in [-0.39, 0.29) is 4.90 Å². The van der Waals surface area contributed by atoms with Crippen LogP contribution < -0.4 is 3.79 Å². The van der Waals surface area contributed by atoms with E-state index in [2.05, 4.69) is 0 Å². The smallest absolute Gasteiger partial charge is 0.496 e. The fourth-order valence-electron chi connectivity index (χ4n) is 1.49. The lowest BCUT2D eigenvalue weighted by atomic mass is 10.3. The third-order valence-electron chi connectivity index (χ3n) is 2.42. The summed E-state index contributed by atoms with van der Waals surface area (Å²) < 4.78 is 29.5. The molecule has 0 fully saturated rings. The molecule has 0 N–H and O–H groups in total. The lowest BCUT2D eigenvalue weighted by Gasteiger charge is -2.06.